The molecule has 2 atom stereocenters. The van der Waals surface area contributed by atoms with Crippen LogP contribution in [0.15, 0.2) is 29.4 Å². The van der Waals surface area contributed by atoms with Gasteiger partial charge in [-0.3, -0.25) is 4.79 Å². The number of aliphatic hydroxyl groups is 1. The van der Waals surface area contributed by atoms with E-state index in [2.05, 4.69) is 5.10 Å². The van der Waals surface area contributed by atoms with Gasteiger partial charge in [0.15, 0.2) is 0 Å². The maximum absolute atomic E-state index is 13.7. The van der Waals surface area contributed by atoms with Crippen LogP contribution in [0.1, 0.15) is 42.5 Å². The lowest BCUT2D eigenvalue weighted by molar-refractivity contribution is -0.312. The molecular weight excluding hydrogens is 325 g/mol. The van der Waals surface area contributed by atoms with E-state index in [0.29, 0.717) is 19.3 Å². The minimum absolute atomic E-state index is 0.0868. The summed E-state index contributed by atoms with van der Waals surface area (Å²) in [5, 5.41) is 23.8. The topological polar surface area (TPSA) is 73.1 Å². The van der Waals surface area contributed by atoms with Gasteiger partial charge in [-0.15, -0.1) is 0 Å². The van der Waals surface area contributed by atoms with Crippen molar-refractivity contribution in [1.29, 1.82) is 0 Å². The zero-order chi connectivity index (χ0) is 17.5. The number of aromatic hydroxyl groups is 1. The fourth-order valence-corrected chi connectivity index (χ4v) is 3.32. The van der Waals surface area contributed by atoms with E-state index in [-0.39, 0.29) is 28.5 Å². The number of hydrazone groups is 1. The second-order valence-electron chi connectivity index (χ2n) is 6.13. The molecule has 0 spiro atoms. The molecular formula is C16H17F3N2O3. The third-order valence-corrected chi connectivity index (χ3v) is 4.59. The van der Waals surface area contributed by atoms with Crippen LogP contribution >= 0.6 is 0 Å². The zero-order valence-electron chi connectivity index (χ0n) is 12.8. The number of hydrogen-bond acceptors (Lipinski definition) is 4. The Morgan fingerprint density at radius 1 is 1.21 bits per heavy atom. The summed E-state index contributed by atoms with van der Waals surface area (Å²) in [7, 11) is 0. The first-order chi connectivity index (χ1) is 11.2. The normalized spacial score (nSPS) is 27.4. The molecule has 3 rings (SSSR count). The second-order valence-corrected chi connectivity index (χ2v) is 6.13. The van der Waals surface area contributed by atoms with Crippen LogP contribution in [0.25, 0.3) is 0 Å². The molecule has 1 aromatic carbocycles. The summed E-state index contributed by atoms with van der Waals surface area (Å²) in [6.45, 7) is 0. The predicted octanol–water partition coefficient (Wildman–Crippen LogP) is 3.04. The first-order valence-corrected chi connectivity index (χ1v) is 7.75. The minimum Gasteiger partial charge on any atom is -0.508 e. The van der Waals surface area contributed by atoms with E-state index in [1.165, 1.54) is 24.3 Å². The summed E-state index contributed by atoms with van der Waals surface area (Å²) in [5.74, 6) is -2.40. The molecule has 0 bridgehead atoms. The highest BCUT2D eigenvalue weighted by Crippen LogP contribution is 2.48. The van der Waals surface area contributed by atoms with Gasteiger partial charge in [-0.1, -0.05) is 12.8 Å². The molecule has 0 aromatic heterocycles. The van der Waals surface area contributed by atoms with Crippen molar-refractivity contribution >= 4 is 11.6 Å². The first-order valence-electron chi connectivity index (χ1n) is 7.75. The van der Waals surface area contributed by atoms with Crippen molar-refractivity contribution in [2.75, 3.05) is 0 Å². The zero-order valence-corrected chi connectivity index (χ0v) is 12.8. The van der Waals surface area contributed by atoms with E-state index in [1.807, 2.05) is 0 Å². The molecule has 1 aromatic rings. The van der Waals surface area contributed by atoms with Gasteiger partial charge in [0.2, 0.25) is 0 Å². The van der Waals surface area contributed by atoms with Crippen LogP contribution in [0, 0.1) is 5.92 Å². The largest absolute Gasteiger partial charge is 0.508 e. The van der Waals surface area contributed by atoms with Crippen molar-refractivity contribution in [2.24, 2.45) is 11.0 Å². The number of carbonyl (C=O) groups excluding carboxylic acids is 1. The number of alkyl halides is 3. The Balaban J connectivity index is 2.03. The average Bonchev–Trinajstić information content (AvgIpc) is 2.68. The van der Waals surface area contributed by atoms with E-state index in [9.17, 15) is 28.2 Å². The lowest BCUT2D eigenvalue weighted by Crippen LogP contribution is -2.61. The summed E-state index contributed by atoms with van der Waals surface area (Å²) in [6.07, 6.45) is -2.56. The van der Waals surface area contributed by atoms with Crippen LogP contribution in [0.2, 0.25) is 0 Å². The molecule has 130 valence electrons. The molecule has 24 heavy (non-hydrogen) atoms. The van der Waals surface area contributed by atoms with Crippen molar-refractivity contribution in [2.45, 2.75) is 44.0 Å². The van der Waals surface area contributed by atoms with Crippen LogP contribution in [-0.4, -0.2) is 38.7 Å². The van der Waals surface area contributed by atoms with Crippen LogP contribution in [0.3, 0.4) is 0 Å². The van der Waals surface area contributed by atoms with Gasteiger partial charge in [0, 0.05) is 11.3 Å². The van der Waals surface area contributed by atoms with Gasteiger partial charge < -0.3 is 10.2 Å². The Kier molecular flexibility index (Phi) is 4.03. The molecule has 1 heterocycles. The molecule has 0 saturated heterocycles. The Morgan fingerprint density at radius 2 is 1.88 bits per heavy atom. The van der Waals surface area contributed by atoms with E-state index in [4.69, 9.17) is 0 Å². The lowest BCUT2D eigenvalue weighted by atomic mass is 9.87. The predicted molar refractivity (Wildman–Crippen MR) is 79.3 cm³/mol. The van der Waals surface area contributed by atoms with Gasteiger partial charge >= 0.3 is 6.18 Å². The van der Waals surface area contributed by atoms with Gasteiger partial charge in [0.1, 0.15) is 5.75 Å². The molecule has 1 aliphatic heterocycles. The number of nitrogens with zero attached hydrogens (tertiary/aromatic N) is 2. The van der Waals surface area contributed by atoms with E-state index in [1.54, 1.807) is 0 Å². The smallest absolute Gasteiger partial charge is 0.439 e. The summed E-state index contributed by atoms with van der Waals surface area (Å²) in [4.78, 5) is 12.5. The Bertz CT molecular complexity index is 672. The maximum Gasteiger partial charge on any atom is 0.439 e. The number of hydrogen-bond donors (Lipinski definition) is 2. The van der Waals surface area contributed by atoms with Crippen molar-refractivity contribution < 1.29 is 28.2 Å². The Morgan fingerprint density at radius 3 is 2.50 bits per heavy atom. The molecule has 0 radical (unpaired) electrons. The third kappa shape index (κ3) is 2.54. The minimum atomic E-state index is -5.03. The molecule has 2 aliphatic rings. The van der Waals surface area contributed by atoms with Crippen molar-refractivity contribution in [1.82, 2.24) is 5.01 Å². The number of halogens is 3. The van der Waals surface area contributed by atoms with Gasteiger partial charge in [0.25, 0.3) is 11.6 Å². The number of fused-ring (bicyclic) bond motifs is 1. The number of phenols is 1. The quantitative estimate of drug-likeness (QED) is 0.824. The number of phenolic OH excluding ortho intramolecular Hbond substituents is 1. The van der Waals surface area contributed by atoms with Crippen LogP contribution < -0.4 is 0 Å². The van der Waals surface area contributed by atoms with Crippen molar-refractivity contribution in [3.05, 3.63) is 29.8 Å². The number of rotatable bonds is 1. The van der Waals surface area contributed by atoms with Crippen LogP contribution in [0.4, 0.5) is 13.2 Å². The molecule has 1 fully saturated rings. The van der Waals surface area contributed by atoms with E-state index in [0.717, 1.165) is 6.42 Å². The van der Waals surface area contributed by atoms with Crippen LogP contribution in [-0.2, 0) is 0 Å². The standard InChI is InChI=1S/C16H17F3N2O3/c17-16(18,19)15(24)12-4-2-1-3-5-13(12)20-21(15)14(23)10-6-8-11(22)9-7-10/h6-9,12,22,24H,1-5H2. The molecule has 1 amide bonds. The summed E-state index contributed by atoms with van der Waals surface area (Å²) >= 11 is 0. The van der Waals surface area contributed by atoms with E-state index >= 15 is 0 Å². The van der Waals surface area contributed by atoms with E-state index < -0.39 is 23.7 Å². The number of carbonyl (C=O) groups is 1. The molecule has 1 saturated carbocycles. The number of benzene rings is 1. The summed E-state index contributed by atoms with van der Waals surface area (Å²) in [6, 6.07) is 4.79. The maximum atomic E-state index is 13.7. The highest BCUT2D eigenvalue weighted by atomic mass is 19.4. The van der Waals surface area contributed by atoms with Gasteiger partial charge in [-0.25, -0.2) is 0 Å². The van der Waals surface area contributed by atoms with Gasteiger partial charge in [-0.2, -0.15) is 23.3 Å². The third-order valence-electron chi connectivity index (χ3n) is 4.59. The fraction of sp³-hybridized carbons (Fsp3) is 0.500. The Labute approximate surface area is 136 Å². The number of amides is 1. The lowest BCUT2D eigenvalue weighted by Gasteiger charge is -2.37. The molecule has 2 N–H and O–H groups in total. The second kappa shape index (κ2) is 5.77. The van der Waals surface area contributed by atoms with Crippen LogP contribution in [0.5, 0.6) is 5.75 Å². The molecule has 1 aliphatic carbocycles. The first kappa shape index (κ1) is 16.8. The summed E-state index contributed by atoms with van der Waals surface area (Å²) < 4.78 is 41.0. The van der Waals surface area contributed by atoms with Gasteiger partial charge in [0.05, 0.1) is 5.92 Å². The average molecular weight is 342 g/mol. The SMILES string of the molecule is O=C(c1ccc(O)cc1)N1N=C2CCCCCC2C1(O)C(F)(F)F. The van der Waals surface area contributed by atoms with Crippen molar-refractivity contribution in [3.8, 4) is 5.75 Å². The van der Waals surface area contributed by atoms with Crippen molar-refractivity contribution in [3.63, 3.8) is 0 Å². The highest BCUT2D eigenvalue weighted by molar-refractivity contribution is 5.99. The summed E-state index contributed by atoms with van der Waals surface area (Å²) in [5.41, 5.74) is -3.20. The van der Waals surface area contributed by atoms with Gasteiger partial charge in [-0.05, 0) is 43.5 Å². The monoisotopic (exact) mass is 342 g/mol. The Hall–Kier alpha value is -2.09. The highest BCUT2D eigenvalue weighted by Gasteiger charge is 2.68. The molecule has 5 nitrogen and oxygen atoms in total. The fourth-order valence-electron chi connectivity index (χ4n) is 3.32. The molecule has 2 unspecified atom stereocenters. The molecule has 8 heteroatoms.